The lowest BCUT2D eigenvalue weighted by molar-refractivity contribution is 2.13. The number of hydrogen-bond donors (Lipinski definition) is 1. The van der Waals surface area contributed by atoms with Gasteiger partial charge in [-0.3, -0.25) is 0 Å². The first-order chi connectivity index (χ1) is 1.00. The highest BCUT2D eigenvalue weighted by Gasteiger charge is -0.0765. The second-order valence-corrected chi connectivity index (χ2v) is 0. The van der Waals surface area contributed by atoms with Crippen molar-refractivity contribution in [3.63, 3.8) is 0 Å². The van der Waals surface area contributed by atoms with Crippen LogP contribution in [0.4, 0.5) is 0 Å². The van der Waals surface area contributed by atoms with Gasteiger partial charge in [0.05, 0.1) is 0 Å². The summed E-state index contributed by atoms with van der Waals surface area (Å²) >= 11 is 0. The van der Waals surface area contributed by atoms with Crippen molar-refractivity contribution in [2.24, 2.45) is 0 Å². The van der Waals surface area contributed by atoms with Crippen molar-refractivity contribution in [3.05, 3.63) is 0 Å². The van der Waals surface area contributed by atoms with Gasteiger partial charge in [-0.2, -0.15) is 13.5 Å². The summed E-state index contributed by atoms with van der Waals surface area (Å²) < 4.78 is 5.25. The molecule has 0 aromatic heterocycles. The van der Waals surface area contributed by atoms with Gasteiger partial charge in [0.25, 0.3) is 0 Å². The fourth-order valence-electron chi connectivity index (χ4n) is 0. The molecule has 0 saturated heterocycles. The first-order valence-corrected chi connectivity index (χ1v) is 0. The number of hydrogen-bond acceptors (Lipinski definition) is 1. The van der Waals surface area contributed by atoms with Crippen molar-refractivity contribution >= 4 is 13.5 Å². The van der Waals surface area contributed by atoms with E-state index < -0.39 is 0 Å². The summed E-state index contributed by atoms with van der Waals surface area (Å²) in [6.45, 7) is 0. The average molecular weight is 85.2 g/mol. The summed E-state index contributed by atoms with van der Waals surface area (Å²) in [6.07, 6.45) is 3.75. The van der Waals surface area contributed by atoms with Crippen LogP contribution in [0.5, 0.6) is 0 Å². The summed E-state index contributed by atoms with van der Waals surface area (Å²) in [5.74, 6) is 0. The molecular weight excluding hydrogens is 70.1 g/mol. The van der Waals surface area contributed by atoms with Crippen molar-refractivity contribution in [2.75, 3.05) is 0 Å². The van der Waals surface area contributed by atoms with Crippen LogP contribution in [-0.2, 0) is 0 Å². The van der Waals surface area contributed by atoms with E-state index in [1.807, 2.05) is 0 Å². The Morgan fingerprint density at radius 2 is 1.25 bits per heavy atom. The first-order valence-electron chi connectivity index (χ1n) is 0.577. The molecule has 4 heavy (non-hydrogen) atoms. The van der Waals surface area contributed by atoms with Gasteiger partial charge in [0, 0.05) is 0 Å². The quantitative estimate of drug-likeness (QED) is 0.476. The standard InChI is InChI=1S/2CH4.H3N.H2S/h2*1H4;1H3;1H2/i/hT. The van der Waals surface area contributed by atoms with E-state index in [-0.39, 0.29) is 28.3 Å². The molecular formula is C2H13NS. The molecule has 0 unspecified atom stereocenters. The topological polar surface area (TPSA) is 35.0 Å². The molecule has 32 valence electrons. The van der Waals surface area contributed by atoms with Crippen LogP contribution >= 0.6 is 13.5 Å². The maximum atomic E-state index is 5.25. The maximum absolute atomic E-state index is 5.25. The second-order valence-electron chi connectivity index (χ2n) is 0. The van der Waals surface area contributed by atoms with Crippen LogP contribution in [-0.4, -0.2) is 0 Å². The largest absolute Gasteiger partial charge is 0.344 e. The van der Waals surface area contributed by atoms with Gasteiger partial charge in [0.1, 0.15) is 1.41 Å². The van der Waals surface area contributed by atoms with E-state index in [1.165, 1.54) is 0 Å². The summed E-state index contributed by atoms with van der Waals surface area (Å²) in [5.41, 5.74) is 0. The Bertz CT molecular complexity index is 9.61. The van der Waals surface area contributed by atoms with Crippen LogP contribution in [0.2, 0.25) is 1.41 Å². The molecule has 1 nitrogen and oxygen atoms in total. The zero-order valence-corrected chi connectivity index (χ0v) is 2.08. The van der Waals surface area contributed by atoms with Crippen LogP contribution in [0.3, 0.4) is 0 Å². The van der Waals surface area contributed by atoms with E-state index in [1.54, 1.807) is 0 Å². The van der Waals surface area contributed by atoms with Gasteiger partial charge in [-0.1, -0.05) is 14.9 Å². The van der Waals surface area contributed by atoms with Gasteiger partial charge < -0.3 is 6.14 Å². The molecule has 0 atom stereocenters. The predicted octanol–water partition coefficient (Wildman–Crippen LogP) is 1.55. The van der Waals surface area contributed by atoms with E-state index in [0.29, 0.717) is 0 Å². The molecule has 0 fully saturated rings. The zero-order chi connectivity index (χ0) is 2.00. The Morgan fingerprint density at radius 1 is 1.25 bits per heavy atom. The van der Waals surface area contributed by atoms with E-state index in [2.05, 4.69) is 6.14 Å². The molecule has 0 heterocycles. The van der Waals surface area contributed by atoms with Gasteiger partial charge in [0.15, 0.2) is 0 Å². The van der Waals surface area contributed by atoms with Crippen molar-refractivity contribution in [1.82, 2.24) is 6.14 Å². The Morgan fingerprint density at radius 3 is 1.25 bits per heavy atom. The molecule has 0 aliphatic heterocycles. The molecule has 2 heteroatoms. The SMILES string of the molecule is C.C.S.[3H]N. The second kappa shape index (κ2) is 184. The van der Waals surface area contributed by atoms with Crippen LogP contribution in [0.1, 0.15) is 14.9 Å². The molecule has 0 aromatic rings. The summed E-state index contributed by atoms with van der Waals surface area (Å²) in [7, 11) is 0. The molecule has 0 aromatic carbocycles. The summed E-state index contributed by atoms with van der Waals surface area (Å²) in [6, 6.07) is 0. The third-order valence-corrected chi connectivity index (χ3v) is 0. The highest BCUT2D eigenvalue weighted by atomic mass is 32.1. The van der Waals surface area contributed by atoms with Crippen molar-refractivity contribution in [1.29, 1.82) is 0 Å². The summed E-state index contributed by atoms with van der Waals surface area (Å²) in [5, 5.41) is 0. The van der Waals surface area contributed by atoms with E-state index in [0.717, 1.165) is 0 Å². The Kier molecular flexibility index (Phi) is 1260. The fraction of sp³-hybridized carbons (Fsp3) is 1.00. The molecule has 3 N–H and O–H groups in total. The van der Waals surface area contributed by atoms with E-state index in [4.69, 9.17) is 1.41 Å². The fourth-order valence-corrected chi connectivity index (χ4v) is 0. The Balaban J connectivity index is -0.00000000167. The lowest BCUT2D eigenvalue weighted by atomic mass is 12.0. The molecule has 0 aliphatic rings. The number of rotatable bonds is 0. The molecule has 0 radical (unpaired) electrons. The van der Waals surface area contributed by atoms with Gasteiger partial charge in [-0.15, -0.1) is 0 Å². The molecule has 0 saturated carbocycles. The highest BCUT2D eigenvalue weighted by Crippen LogP contribution is 0.648. The minimum absolute atomic E-state index is 0. The van der Waals surface area contributed by atoms with E-state index in [9.17, 15) is 0 Å². The van der Waals surface area contributed by atoms with Crippen molar-refractivity contribution in [2.45, 2.75) is 14.9 Å². The Hall–Kier alpha value is 0.310. The third kappa shape index (κ3) is 41.3. The minimum Gasteiger partial charge on any atom is -0.344 e. The van der Waals surface area contributed by atoms with Crippen molar-refractivity contribution < 1.29 is 1.41 Å². The Labute approximate surface area is 36.9 Å². The van der Waals surface area contributed by atoms with Gasteiger partial charge in [-0.05, 0) is 0 Å². The van der Waals surface area contributed by atoms with Crippen LogP contribution in [0, 0.1) is 0 Å². The summed E-state index contributed by atoms with van der Waals surface area (Å²) in [4.78, 5) is 0. The molecule has 0 rings (SSSR count). The highest BCUT2D eigenvalue weighted by molar-refractivity contribution is 7.59. The van der Waals surface area contributed by atoms with Gasteiger partial charge >= 0.3 is 0 Å². The maximum Gasteiger partial charge on any atom is 0.115 e. The van der Waals surface area contributed by atoms with E-state index >= 15 is 0 Å². The van der Waals surface area contributed by atoms with Crippen LogP contribution in [0.25, 0.3) is 0 Å². The van der Waals surface area contributed by atoms with Gasteiger partial charge in [-0.25, -0.2) is 0 Å². The predicted molar refractivity (Wildman–Crippen MR) is 28.9 cm³/mol. The molecule has 0 spiro atoms. The average Bonchev–Trinajstić information content (AvgIpc) is 1.00. The molecule has 0 bridgehead atoms. The minimum atomic E-state index is 0. The normalized spacial score (nSPS) is 1.75. The van der Waals surface area contributed by atoms with Crippen LogP contribution in [0.15, 0.2) is 0 Å². The lowest BCUT2D eigenvalue weighted by Crippen LogP contribution is -0.481. The molecule has 0 amide bonds. The first kappa shape index (κ1) is 27.5. The molecule has 0 aliphatic carbocycles. The monoisotopic (exact) mass is 85.1 g/mol. The van der Waals surface area contributed by atoms with Crippen LogP contribution < -0.4 is 6.14 Å². The third-order valence-electron chi connectivity index (χ3n) is 0. The zero-order valence-electron chi connectivity index (χ0n) is 2.08. The van der Waals surface area contributed by atoms with Crippen molar-refractivity contribution in [3.8, 4) is 0 Å². The lowest BCUT2D eigenvalue weighted by Gasteiger charge is -0.344. The van der Waals surface area contributed by atoms with Gasteiger partial charge in [0.2, 0.25) is 0 Å². The smallest absolute Gasteiger partial charge is 0.115 e.